The quantitative estimate of drug-likeness (QED) is 0.848. The van der Waals surface area contributed by atoms with Gasteiger partial charge in [0.15, 0.2) is 24.0 Å². The van der Waals surface area contributed by atoms with Crippen molar-refractivity contribution in [2.45, 2.75) is 39.8 Å². The van der Waals surface area contributed by atoms with E-state index in [1.165, 1.54) is 12.1 Å². The first-order valence-corrected chi connectivity index (χ1v) is 6.85. The number of carbonyl (C=O) groups excluding carboxylic acids is 1. The number of likely N-dealkylation sites (N-methyl/N-ethyl adjacent to an activating group) is 1. The van der Waals surface area contributed by atoms with Crippen LogP contribution < -0.4 is 15.4 Å². The van der Waals surface area contributed by atoms with Crippen molar-refractivity contribution < 1.29 is 18.3 Å². The third-order valence-electron chi connectivity index (χ3n) is 2.60. The summed E-state index contributed by atoms with van der Waals surface area (Å²) in [5, 5.41) is 5.62. The molecule has 0 aliphatic rings. The van der Waals surface area contributed by atoms with Crippen LogP contribution in [0.1, 0.15) is 33.3 Å². The van der Waals surface area contributed by atoms with Crippen molar-refractivity contribution in [3.8, 4) is 5.75 Å². The van der Waals surface area contributed by atoms with Gasteiger partial charge >= 0.3 is 0 Å². The van der Waals surface area contributed by atoms with Crippen LogP contribution in [0.2, 0.25) is 0 Å². The number of nitrogens with one attached hydrogen (secondary N) is 2. The van der Waals surface area contributed by atoms with Crippen molar-refractivity contribution in [2.24, 2.45) is 0 Å². The zero-order valence-corrected chi connectivity index (χ0v) is 12.8. The van der Waals surface area contributed by atoms with Gasteiger partial charge in [0.25, 0.3) is 5.91 Å². The molecule has 21 heavy (non-hydrogen) atoms. The molecule has 4 nitrogen and oxygen atoms in total. The number of benzene rings is 1. The Morgan fingerprint density at radius 1 is 1.24 bits per heavy atom. The van der Waals surface area contributed by atoms with E-state index in [9.17, 15) is 13.6 Å². The van der Waals surface area contributed by atoms with Gasteiger partial charge in [-0.3, -0.25) is 4.79 Å². The highest BCUT2D eigenvalue weighted by Gasteiger charge is 2.15. The molecule has 0 saturated heterocycles. The number of carbonyl (C=O) groups is 1. The summed E-state index contributed by atoms with van der Waals surface area (Å²) in [4.78, 5) is 11.2. The molecule has 0 unspecified atom stereocenters. The number of ether oxygens (including phenoxy) is 1. The first-order chi connectivity index (χ1) is 9.73. The zero-order chi connectivity index (χ0) is 16.0. The molecule has 1 aromatic rings. The minimum Gasteiger partial charge on any atom is -0.478 e. The summed E-state index contributed by atoms with van der Waals surface area (Å²) >= 11 is 0. The monoisotopic (exact) mass is 300 g/mol. The molecule has 0 aliphatic carbocycles. The van der Waals surface area contributed by atoms with Crippen LogP contribution >= 0.6 is 0 Å². The molecule has 0 aromatic heterocycles. The third kappa shape index (κ3) is 6.08. The Morgan fingerprint density at radius 2 is 1.81 bits per heavy atom. The van der Waals surface area contributed by atoms with Gasteiger partial charge in [0, 0.05) is 18.6 Å². The predicted molar refractivity (Wildman–Crippen MR) is 77.1 cm³/mol. The summed E-state index contributed by atoms with van der Waals surface area (Å²) in [6, 6.07) is 2.41. The second-order valence-electron chi connectivity index (χ2n) is 5.73. The van der Waals surface area contributed by atoms with E-state index in [0.717, 1.165) is 0 Å². The molecule has 0 bridgehead atoms. The van der Waals surface area contributed by atoms with E-state index < -0.39 is 29.9 Å². The number of halogens is 2. The van der Waals surface area contributed by atoms with E-state index in [2.05, 4.69) is 10.6 Å². The van der Waals surface area contributed by atoms with Crippen LogP contribution in [0.3, 0.4) is 0 Å². The first-order valence-electron chi connectivity index (χ1n) is 6.85. The number of amides is 1. The lowest BCUT2D eigenvalue weighted by molar-refractivity contribution is -0.123. The maximum atomic E-state index is 13.8. The van der Waals surface area contributed by atoms with Crippen molar-refractivity contribution >= 4 is 5.91 Å². The third-order valence-corrected chi connectivity index (χ3v) is 2.60. The summed E-state index contributed by atoms with van der Waals surface area (Å²) in [5.41, 5.74) is 0.325. The lowest BCUT2D eigenvalue weighted by Crippen LogP contribution is -2.35. The minimum atomic E-state index is -0.815. The van der Waals surface area contributed by atoms with Gasteiger partial charge in [0.2, 0.25) is 0 Å². The zero-order valence-electron chi connectivity index (χ0n) is 12.8. The standard InChI is InChI=1S/C15H22F2N2O2/c1-5-18-13(20)9-21-14-11(16)6-10(7-12(14)17)8-19-15(2,3)4/h6-7,19H,5,8-9H2,1-4H3,(H,18,20). The summed E-state index contributed by atoms with van der Waals surface area (Å²) in [7, 11) is 0. The Labute approximate surface area is 123 Å². The molecule has 0 saturated carbocycles. The molecule has 118 valence electrons. The largest absolute Gasteiger partial charge is 0.478 e. The van der Waals surface area contributed by atoms with E-state index >= 15 is 0 Å². The lowest BCUT2D eigenvalue weighted by Gasteiger charge is -2.20. The SMILES string of the molecule is CCNC(=O)COc1c(F)cc(CNC(C)(C)C)cc1F. The normalized spacial score (nSPS) is 11.3. The van der Waals surface area contributed by atoms with Gasteiger partial charge < -0.3 is 15.4 Å². The van der Waals surface area contributed by atoms with Gasteiger partial charge in [0.1, 0.15) is 0 Å². The smallest absolute Gasteiger partial charge is 0.257 e. The Balaban J connectivity index is 2.73. The molecule has 1 rings (SSSR count). The Morgan fingerprint density at radius 3 is 2.29 bits per heavy atom. The summed E-state index contributed by atoms with van der Waals surface area (Å²) in [5.74, 6) is -2.58. The lowest BCUT2D eigenvalue weighted by atomic mass is 10.1. The number of rotatable bonds is 6. The molecular formula is C15H22F2N2O2. The van der Waals surface area contributed by atoms with Gasteiger partial charge in [-0.1, -0.05) is 0 Å². The van der Waals surface area contributed by atoms with Crippen molar-refractivity contribution in [1.82, 2.24) is 10.6 Å². The van der Waals surface area contributed by atoms with E-state index in [1.54, 1.807) is 6.92 Å². The summed E-state index contributed by atoms with van der Waals surface area (Å²) < 4.78 is 32.6. The first kappa shape index (κ1) is 17.4. The summed E-state index contributed by atoms with van der Waals surface area (Å²) in [6.07, 6.45) is 0. The van der Waals surface area contributed by atoms with Crippen molar-refractivity contribution in [3.05, 3.63) is 29.3 Å². The fourth-order valence-corrected chi connectivity index (χ4v) is 1.61. The van der Waals surface area contributed by atoms with Crippen LogP contribution in [-0.4, -0.2) is 24.6 Å². The van der Waals surface area contributed by atoms with Crippen LogP contribution in [0, 0.1) is 11.6 Å². The van der Waals surface area contributed by atoms with Gasteiger partial charge in [-0.05, 0) is 45.4 Å². The van der Waals surface area contributed by atoms with Crippen molar-refractivity contribution in [3.63, 3.8) is 0 Å². The average Bonchev–Trinajstić information content (AvgIpc) is 2.35. The van der Waals surface area contributed by atoms with E-state index in [4.69, 9.17) is 4.74 Å². The molecular weight excluding hydrogens is 278 g/mol. The van der Waals surface area contributed by atoms with E-state index in [0.29, 0.717) is 18.7 Å². The second kappa shape index (κ2) is 7.36. The number of hydrogen-bond donors (Lipinski definition) is 2. The molecule has 0 aliphatic heterocycles. The highest BCUT2D eigenvalue weighted by Crippen LogP contribution is 2.23. The van der Waals surface area contributed by atoms with Gasteiger partial charge in [-0.25, -0.2) is 8.78 Å². The average molecular weight is 300 g/mol. The van der Waals surface area contributed by atoms with Crippen LogP contribution in [0.5, 0.6) is 5.75 Å². The van der Waals surface area contributed by atoms with Gasteiger partial charge in [-0.2, -0.15) is 0 Å². The Hall–Kier alpha value is -1.69. The molecule has 0 atom stereocenters. The molecule has 6 heteroatoms. The minimum absolute atomic E-state index is 0.152. The highest BCUT2D eigenvalue weighted by molar-refractivity contribution is 5.77. The molecule has 0 radical (unpaired) electrons. The summed E-state index contributed by atoms with van der Waals surface area (Å²) in [6.45, 7) is 7.99. The maximum absolute atomic E-state index is 13.8. The van der Waals surface area contributed by atoms with Crippen molar-refractivity contribution in [1.29, 1.82) is 0 Å². The van der Waals surface area contributed by atoms with E-state index in [-0.39, 0.29) is 5.54 Å². The molecule has 1 amide bonds. The van der Waals surface area contributed by atoms with Crippen LogP contribution in [0.4, 0.5) is 8.78 Å². The maximum Gasteiger partial charge on any atom is 0.257 e. The van der Waals surface area contributed by atoms with Gasteiger partial charge in [-0.15, -0.1) is 0 Å². The second-order valence-corrected chi connectivity index (χ2v) is 5.73. The molecule has 2 N–H and O–H groups in total. The van der Waals surface area contributed by atoms with E-state index in [1.807, 2.05) is 20.8 Å². The van der Waals surface area contributed by atoms with Gasteiger partial charge in [0.05, 0.1) is 0 Å². The molecule has 0 fully saturated rings. The topological polar surface area (TPSA) is 50.4 Å². The van der Waals surface area contributed by atoms with Crippen molar-refractivity contribution in [2.75, 3.05) is 13.2 Å². The molecule has 1 aromatic carbocycles. The molecule has 0 heterocycles. The number of hydrogen-bond acceptors (Lipinski definition) is 3. The fourth-order valence-electron chi connectivity index (χ4n) is 1.61. The van der Waals surface area contributed by atoms with Crippen LogP contribution in [0.15, 0.2) is 12.1 Å². The fraction of sp³-hybridized carbons (Fsp3) is 0.533. The predicted octanol–water partition coefficient (Wildman–Crippen LogP) is 2.37. The highest BCUT2D eigenvalue weighted by atomic mass is 19.1. The van der Waals surface area contributed by atoms with Crippen LogP contribution in [-0.2, 0) is 11.3 Å². The van der Waals surface area contributed by atoms with Crippen LogP contribution in [0.25, 0.3) is 0 Å². The molecule has 0 spiro atoms. The Bertz CT molecular complexity index is 476. The Kier molecular flexibility index (Phi) is 6.08.